The average Bonchev–Trinajstić information content (AvgIpc) is 2.84. The second kappa shape index (κ2) is 6.45. The summed E-state index contributed by atoms with van der Waals surface area (Å²) in [6, 6.07) is 9.52. The summed E-state index contributed by atoms with van der Waals surface area (Å²) < 4.78 is 0. The Hall–Kier alpha value is -1.72. The number of amides is 1. The van der Waals surface area contributed by atoms with E-state index in [1.807, 2.05) is 49.6 Å². The highest BCUT2D eigenvalue weighted by Crippen LogP contribution is 2.17. The second-order valence-corrected chi connectivity index (χ2v) is 5.23. The van der Waals surface area contributed by atoms with Crippen LogP contribution in [0, 0.1) is 6.92 Å². The third-order valence-corrected chi connectivity index (χ3v) is 3.78. The van der Waals surface area contributed by atoms with Gasteiger partial charge in [0.1, 0.15) is 5.01 Å². The molecule has 2 aromatic rings. The number of aromatic nitrogens is 1. The first-order valence-electron chi connectivity index (χ1n) is 6.15. The Kier molecular flexibility index (Phi) is 4.65. The van der Waals surface area contributed by atoms with E-state index in [1.165, 1.54) is 0 Å². The number of para-hydroxylation sites is 1. The number of nitrogens with zero attached hydrogens (tertiary/aromatic N) is 1. The fourth-order valence-electron chi connectivity index (χ4n) is 1.63. The average molecular weight is 275 g/mol. The molecule has 0 saturated carbocycles. The molecule has 1 aromatic carbocycles. The summed E-state index contributed by atoms with van der Waals surface area (Å²) in [6.07, 6.45) is 0. The molecule has 0 saturated heterocycles. The van der Waals surface area contributed by atoms with Gasteiger partial charge in [-0.2, -0.15) is 0 Å². The Morgan fingerprint density at radius 2 is 2.11 bits per heavy atom. The van der Waals surface area contributed by atoms with Crippen LogP contribution in [0.1, 0.15) is 23.7 Å². The number of carbonyl (C=O) groups excluding carboxylic acids is 1. The van der Waals surface area contributed by atoms with Crippen molar-refractivity contribution in [1.29, 1.82) is 0 Å². The van der Waals surface area contributed by atoms with Gasteiger partial charge in [-0.15, -0.1) is 11.3 Å². The van der Waals surface area contributed by atoms with E-state index < -0.39 is 0 Å². The van der Waals surface area contributed by atoms with Crippen molar-refractivity contribution in [1.82, 2.24) is 10.3 Å². The van der Waals surface area contributed by atoms with Gasteiger partial charge in [0.15, 0.2) is 0 Å². The maximum atomic E-state index is 11.8. The monoisotopic (exact) mass is 275 g/mol. The maximum absolute atomic E-state index is 11.8. The molecule has 0 bridgehead atoms. The molecule has 0 aliphatic carbocycles. The molecule has 1 atom stereocenters. The summed E-state index contributed by atoms with van der Waals surface area (Å²) in [5, 5.41) is 9.02. The van der Waals surface area contributed by atoms with E-state index in [2.05, 4.69) is 15.6 Å². The summed E-state index contributed by atoms with van der Waals surface area (Å²) in [6.45, 7) is 4.25. The van der Waals surface area contributed by atoms with Gasteiger partial charge in [-0.25, -0.2) is 4.98 Å². The minimum Gasteiger partial charge on any atom is -0.325 e. The van der Waals surface area contributed by atoms with E-state index in [4.69, 9.17) is 0 Å². The quantitative estimate of drug-likeness (QED) is 0.882. The molecule has 4 nitrogen and oxygen atoms in total. The van der Waals surface area contributed by atoms with Crippen LogP contribution in [0.2, 0.25) is 0 Å². The van der Waals surface area contributed by atoms with Gasteiger partial charge in [0.25, 0.3) is 0 Å². The fraction of sp³-hybridized carbons (Fsp3) is 0.286. The number of hydrogen-bond donors (Lipinski definition) is 2. The Morgan fingerprint density at radius 3 is 2.74 bits per heavy atom. The normalized spacial score (nSPS) is 12.1. The van der Waals surface area contributed by atoms with Crippen molar-refractivity contribution in [3.8, 4) is 0 Å². The molecule has 0 spiro atoms. The van der Waals surface area contributed by atoms with Gasteiger partial charge < -0.3 is 5.32 Å². The predicted octanol–water partition coefficient (Wildman–Crippen LogP) is 2.74. The van der Waals surface area contributed by atoms with Crippen LogP contribution in [-0.2, 0) is 4.79 Å². The minimum atomic E-state index is -0.0497. The Morgan fingerprint density at radius 1 is 1.37 bits per heavy atom. The van der Waals surface area contributed by atoms with Crippen LogP contribution in [0.5, 0.6) is 0 Å². The molecule has 0 aliphatic rings. The first kappa shape index (κ1) is 13.7. The third kappa shape index (κ3) is 4.15. The van der Waals surface area contributed by atoms with E-state index in [-0.39, 0.29) is 18.5 Å². The molecule has 0 radical (unpaired) electrons. The van der Waals surface area contributed by atoms with Gasteiger partial charge in [0.05, 0.1) is 12.6 Å². The summed E-state index contributed by atoms with van der Waals surface area (Å²) >= 11 is 1.61. The number of hydrogen-bond acceptors (Lipinski definition) is 4. The van der Waals surface area contributed by atoms with Crippen molar-refractivity contribution in [2.45, 2.75) is 19.9 Å². The topological polar surface area (TPSA) is 54.0 Å². The highest BCUT2D eigenvalue weighted by atomic mass is 32.1. The Bertz CT molecular complexity index is 539. The van der Waals surface area contributed by atoms with Gasteiger partial charge >= 0.3 is 0 Å². The SMILES string of the molecule is Cc1csc(C(C)NCC(=O)Nc2ccccc2)n1. The number of rotatable bonds is 5. The zero-order valence-corrected chi connectivity index (χ0v) is 11.8. The van der Waals surface area contributed by atoms with E-state index in [0.29, 0.717) is 0 Å². The molecular weight excluding hydrogens is 258 g/mol. The summed E-state index contributed by atoms with van der Waals surface area (Å²) in [5.41, 5.74) is 1.83. The molecule has 2 rings (SSSR count). The Balaban J connectivity index is 1.80. The van der Waals surface area contributed by atoms with Gasteiger partial charge in [0, 0.05) is 16.8 Å². The molecule has 1 unspecified atom stereocenters. The number of nitrogens with one attached hydrogen (secondary N) is 2. The number of anilines is 1. The van der Waals surface area contributed by atoms with Crippen molar-refractivity contribution in [2.75, 3.05) is 11.9 Å². The molecular formula is C14H17N3OS. The number of thiazole rings is 1. The number of benzene rings is 1. The second-order valence-electron chi connectivity index (χ2n) is 4.34. The van der Waals surface area contributed by atoms with Crippen molar-refractivity contribution in [3.05, 3.63) is 46.4 Å². The van der Waals surface area contributed by atoms with Gasteiger partial charge in [0.2, 0.25) is 5.91 Å². The maximum Gasteiger partial charge on any atom is 0.238 e. The molecule has 100 valence electrons. The highest BCUT2D eigenvalue weighted by Gasteiger charge is 2.10. The molecule has 0 aliphatic heterocycles. The van der Waals surface area contributed by atoms with E-state index in [1.54, 1.807) is 11.3 Å². The van der Waals surface area contributed by atoms with E-state index in [0.717, 1.165) is 16.4 Å². The summed E-state index contributed by atoms with van der Waals surface area (Å²) in [7, 11) is 0. The van der Waals surface area contributed by atoms with Crippen LogP contribution in [0.15, 0.2) is 35.7 Å². The smallest absolute Gasteiger partial charge is 0.238 e. The number of carbonyl (C=O) groups is 1. The first-order valence-corrected chi connectivity index (χ1v) is 7.03. The van der Waals surface area contributed by atoms with Gasteiger partial charge in [-0.1, -0.05) is 18.2 Å². The molecule has 2 N–H and O–H groups in total. The fourth-order valence-corrected chi connectivity index (χ4v) is 2.46. The first-order chi connectivity index (χ1) is 9.15. The molecule has 5 heteroatoms. The minimum absolute atomic E-state index is 0.0497. The third-order valence-electron chi connectivity index (χ3n) is 2.63. The van der Waals surface area contributed by atoms with Crippen LogP contribution in [0.4, 0.5) is 5.69 Å². The summed E-state index contributed by atoms with van der Waals surface area (Å²) in [4.78, 5) is 16.2. The summed E-state index contributed by atoms with van der Waals surface area (Å²) in [5.74, 6) is -0.0497. The zero-order chi connectivity index (χ0) is 13.7. The van der Waals surface area contributed by atoms with Gasteiger partial charge in [-0.3, -0.25) is 10.1 Å². The zero-order valence-electron chi connectivity index (χ0n) is 11.0. The lowest BCUT2D eigenvalue weighted by Crippen LogP contribution is -2.30. The highest BCUT2D eigenvalue weighted by molar-refractivity contribution is 7.09. The van der Waals surface area contributed by atoms with Crippen molar-refractivity contribution < 1.29 is 4.79 Å². The molecule has 1 aromatic heterocycles. The predicted molar refractivity (Wildman–Crippen MR) is 78.3 cm³/mol. The molecule has 0 fully saturated rings. The van der Waals surface area contributed by atoms with Crippen LogP contribution in [-0.4, -0.2) is 17.4 Å². The van der Waals surface area contributed by atoms with E-state index >= 15 is 0 Å². The van der Waals surface area contributed by atoms with Crippen molar-refractivity contribution >= 4 is 22.9 Å². The molecule has 19 heavy (non-hydrogen) atoms. The van der Waals surface area contributed by atoms with Crippen LogP contribution in [0.3, 0.4) is 0 Å². The van der Waals surface area contributed by atoms with Crippen LogP contribution >= 0.6 is 11.3 Å². The Labute approximate surface area is 116 Å². The van der Waals surface area contributed by atoms with E-state index in [9.17, 15) is 4.79 Å². The van der Waals surface area contributed by atoms with Crippen molar-refractivity contribution in [3.63, 3.8) is 0 Å². The van der Waals surface area contributed by atoms with Crippen LogP contribution < -0.4 is 10.6 Å². The standard InChI is InChI=1S/C14H17N3OS/c1-10-9-19-14(16-10)11(2)15-8-13(18)17-12-6-4-3-5-7-12/h3-7,9,11,15H,8H2,1-2H3,(H,17,18). The lowest BCUT2D eigenvalue weighted by molar-refractivity contribution is -0.115. The lowest BCUT2D eigenvalue weighted by Gasteiger charge is -2.11. The van der Waals surface area contributed by atoms with Crippen molar-refractivity contribution in [2.24, 2.45) is 0 Å². The lowest BCUT2D eigenvalue weighted by atomic mass is 10.3. The largest absolute Gasteiger partial charge is 0.325 e. The molecule has 1 amide bonds. The van der Waals surface area contributed by atoms with Crippen LogP contribution in [0.25, 0.3) is 0 Å². The molecule has 1 heterocycles. The van der Waals surface area contributed by atoms with Gasteiger partial charge in [-0.05, 0) is 26.0 Å². The number of aryl methyl sites for hydroxylation is 1.